The largest absolute Gasteiger partial charge is 0.478 e. The molecule has 0 aliphatic carbocycles. The van der Waals surface area contributed by atoms with Gasteiger partial charge in [0.05, 0.1) is 21.3 Å². The van der Waals surface area contributed by atoms with Gasteiger partial charge in [-0.2, -0.15) is 13.2 Å². The number of rotatable bonds is 3. The van der Waals surface area contributed by atoms with Crippen molar-refractivity contribution in [1.29, 1.82) is 0 Å². The molecule has 1 aliphatic heterocycles. The Labute approximate surface area is 155 Å². The Hall–Kier alpha value is -2.22. The van der Waals surface area contributed by atoms with E-state index in [2.05, 4.69) is 5.48 Å². The lowest BCUT2D eigenvalue weighted by atomic mass is 9.91. The van der Waals surface area contributed by atoms with Crippen LogP contribution in [0.25, 0.3) is 5.70 Å². The lowest BCUT2D eigenvalue weighted by Crippen LogP contribution is -2.42. The number of carboxylic acids is 1. The molecule has 3 rings (SSSR count). The number of benzene rings is 2. The van der Waals surface area contributed by atoms with E-state index in [1.807, 2.05) is 0 Å². The Morgan fingerprint density at radius 2 is 1.73 bits per heavy atom. The second-order valence-corrected chi connectivity index (χ2v) is 6.32. The Morgan fingerprint density at radius 3 is 2.27 bits per heavy atom. The van der Waals surface area contributed by atoms with Gasteiger partial charge < -0.3 is 5.11 Å². The Kier molecular flexibility index (Phi) is 4.64. The number of hydrogen-bond donors (Lipinski definition) is 2. The van der Waals surface area contributed by atoms with Crippen LogP contribution in [0.15, 0.2) is 48.5 Å². The van der Waals surface area contributed by atoms with E-state index in [0.717, 1.165) is 12.1 Å². The van der Waals surface area contributed by atoms with Crippen molar-refractivity contribution in [2.45, 2.75) is 11.8 Å². The van der Waals surface area contributed by atoms with E-state index < -0.39 is 17.7 Å². The normalized spacial score (nSPS) is 19.8. The molecule has 0 aromatic heterocycles. The highest BCUT2D eigenvalue weighted by atomic mass is 35.5. The van der Waals surface area contributed by atoms with Gasteiger partial charge in [-0.15, -0.1) is 0 Å². The molecule has 26 heavy (non-hydrogen) atoms. The third-order valence-corrected chi connectivity index (χ3v) is 4.62. The Bertz CT molecular complexity index is 897. The molecule has 0 fully saturated rings. The van der Waals surface area contributed by atoms with Gasteiger partial charge >= 0.3 is 12.1 Å². The van der Waals surface area contributed by atoms with Crippen LogP contribution in [0.5, 0.6) is 0 Å². The predicted octanol–water partition coefficient (Wildman–Crippen LogP) is 5.03. The minimum absolute atomic E-state index is 0.0137. The van der Waals surface area contributed by atoms with Crippen molar-refractivity contribution in [1.82, 2.24) is 5.48 Å². The standard InChI is InChI=1S/C17H10Cl2F3NO3/c18-12-6-5-11(7-13(12)19)16(17(20,21)22)8-14(23-26-16)9-1-3-10(4-2-9)15(24)25/h1-8,23H,(H,24,25). The summed E-state index contributed by atoms with van der Waals surface area (Å²) in [6.07, 6.45) is -3.91. The van der Waals surface area contributed by atoms with Crippen molar-refractivity contribution in [3.8, 4) is 0 Å². The van der Waals surface area contributed by atoms with Crippen LogP contribution in [0.4, 0.5) is 13.2 Å². The fourth-order valence-corrected chi connectivity index (χ4v) is 2.80. The molecule has 0 saturated heterocycles. The SMILES string of the molecule is O=C(O)c1ccc(C2=CC(c3ccc(Cl)c(Cl)c3)(C(F)(F)F)ON2)cc1. The highest BCUT2D eigenvalue weighted by Gasteiger charge is 2.59. The number of nitrogens with one attached hydrogen (secondary N) is 1. The molecule has 1 heterocycles. The predicted molar refractivity (Wildman–Crippen MR) is 89.8 cm³/mol. The maximum atomic E-state index is 13.8. The summed E-state index contributed by atoms with van der Waals surface area (Å²) < 4.78 is 41.5. The van der Waals surface area contributed by atoms with Crippen molar-refractivity contribution in [2.75, 3.05) is 0 Å². The van der Waals surface area contributed by atoms with Crippen LogP contribution in [0.2, 0.25) is 10.0 Å². The second-order valence-electron chi connectivity index (χ2n) is 5.51. The lowest BCUT2D eigenvalue weighted by molar-refractivity contribution is -0.269. The van der Waals surface area contributed by atoms with Crippen LogP contribution < -0.4 is 5.48 Å². The van der Waals surface area contributed by atoms with Gasteiger partial charge in [0.1, 0.15) is 0 Å². The molecule has 1 aliphatic rings. The first-order chi connectivity index (χ1) is 12.1. The molecule has 0 spiro atoms. The molecule has 0 amide bonds. The molecular weight excluding hydrogens is 394 g/mol. The van der Waals surface area contributed by atoms with Crippen LogP contribution in [0, 0.1) is 0 Å². The molecule has 0 saturated carbocycles. The molecule has 2 aromatic carbocycles. The molecule has 136 valence electrons. The summed E-state index contributed by atoms with van der Waals surface area (Å²) in [7, 11) is 0. The van der Waals surface area contributed by atoms with Gasteiger partial charge in [0, 0.05) is 5.56 Å². The van der Waals surface area contributed by atoms with Crippen LogP contribution in [-0.2, 0) is 10.4 Å². The number of hydroxylamine groups is 1. The van der Waals surface area contributed by atoms with E-state index in [1.54, 1.807) is 0 Å². The Morgan fingerprint density at radius 1 is 1.08 bits per heavy atom. The van der Waals surface area contributed by atoms with Gasteiger partial charge in [0.25, 0.3) is 0 Å². The summed E-state index contributed by atoms with van der Waals surface area (Å²) in [6, 6.07) is 8.85. The molecule has 2 N–H and O–H groups in total. The number of aromatic carboxylic acids is 1. The molecule has 0 radical (unpaired) electrons. The molecule has 9 heteroatoms. The maximum absolute atomic E-state index is 13.8. The molecule has 4 nitrogen and oxygen atoms in total. The Balaban J connectivity index is 2.07. The number of halogens is 5. The van der Waals surface area contributed by atoms with Gasteiger partial charge in [-0.05, 0) is 35.9 Å². The topological polar surface area (TPSA) is 58.6 Å². The summed E-state index contributed by atoms with van der Waals surface area (Å²) in [5.41, 5.74) is -0.344. The third-order valence-electron chi connectivity index (χ3n) is 3.88. The van der Waals surface area contributed by atoms with E-state index in [0.29, 0.717) is 5.56 Å². The van der Waals surface area contributed by atoms with Gasteiger partial charge in [0.2, 0.25) is 5.60 Å². The summed E-state index contributed by atoms with van der Waals surface area (Å²) in [5, 5.41) is 8.98. The zero-order valence-electron chi connectivity index (χ0n) is 12.8. The van der Waals surface area contributed by atoms with Crippen LogP contribution in [0.1, 0.15) is 21.5 Å². The minimum Gasteiger partial charge on any atom is -0.478 e. The highest BCUT2D eigenvalue weighted by Crippen LogP contribution is 2.48. The monoisotopic (exact) mass is 403 g/mol. The second kappa shape index (κ2) is 6.50. The van der Waals surface area contributed by atoms with E-state index in [1.165, 1.54) is 36.4 Å². The van der Waals surface area contributed by atoms with E-state index in [-0.39, 0.29) is 26.9 Å². The van der Waals surface area contributed by atoms with Crippen molar-refractivity contribution in [3.05, 3.63) is 75.3 Å². The van der Waals surface area contributed by atoms with Crippen LogP contribution in [-0.4, -0.2) is 17.3 Å². The van der Waals surface area contributed by atoms with Crippen molar-refractivity contribution < 1.29 is 27.9 Å². The molecular formula is C17H10Cl2F3NO3. The molecule has 0 bridgehead atoms. The molecule has 1 unspecified atom stereocenters. The van der Waals surface area contributed by atoms with E-state index >= 15 is 0 Å². The summed E-state index contributed by atoms with van der Waals surface area (Å²) in [6.45, 7) is 0. The van der Waals surface area contributed by atoms with Crippen molar-refractivity contribution >= 4 is 34.9 Å². The average Bonchev–Trinajstić information content (AvgIpc) is 3.04. The number of carbonyl (C=O) groups is 1. The van der Waals surface area contributed by atoms with Gasteiger partial charge in [-0.1, -0.05) is 41.4 Å². The maximum Gasteiger partial charge on any atom is 0.428 e. The van der Waals surface area contributed by atoms with Gasteiger partial charge in [0.15, 0.2) is 0 Å². The minimum atomic E-state index is -4.79. The first-order valence-electron chi connectivity index (χ1n) is 7.17. The number of hydrogen-bond acceptors (Lipinski definition) is 3. The average molecular weight is 404 g/mol. The fraction of sp³-hybridized carbons (Fsp3) is 0.118. The quantitative estimate of drug-likeness (QED) is 0.754. The van der Waals surface area contributed by atoms with E-state index in [9.17, 15) is 18.0 Å². The smallest absolute Gasteiger partial charge is 0.428 e. The fourth-order valence-electron chi connectivity index (χ4n) is 2.51. The summed E-state index contributed by atoms with van der Waals surface area (Å²) in [5.74, 6) is -1.14. The number of carboxylic acid groups (broad SMARTS) is 1. The zero-order chi connectivity index (χ0) is 19.1. The van der Waals surface area contributed by atoms with Gasteiger partial charge in [-0.25, -0.2) is 4.79 Å². The van der Waals surface area contributed by atoms with Crippen molar-refractivity contribution in [3.63, 3.8) is 0 Å². The summed E-state index contributed by atoms with van der Waals surface area (Å²) in [4.78, 5) is 15.8. The van der Waals surface area contributed by atoms with Crippen LogP contribution >= 0.6 is 23.2 Å². The lowest BCUT2D eigenvalue weighted by Gasteiger charge is -2.28. The van der Waals surface area contributed by atoms with E-state index in [4.69, 9.17) is 33.1 Å². The first kappa shape index (κ1) is 18.6. The van der Waals surface area contributed by atoms with Crippen LogP contribution in [0.3, 0.4) is 0 Å². The molecule has 1 atom stereocenters. The molecule has 2 aromatic rings. The van der Waals surface area contributed by atoms with Crippen molar-refractivity contribution in [2.24, 2.45) is 0 Å². The zero-order valence-corrected chi connectivity index (χ0v) is 14.3. The first-order valence-corrected chi connectivity index (χ1v) is 7.92. The summed E-state index contributed by atoms with van der Waals surface area (Å²) >= 11 is 11.6. The third kappa shape index (κ3) is 3.13. The number of alkyl halides is 3. The van der Waals surface area contributed by atoms with Gasteiger partial charge in [-0.3, -0.25) is 10.3 Å². The highest BCUT2D eigenvalue weighted by molar-refractivity contribution is 6.42.